The number of thiophene rings is 1. The van der Waals surface area contributed by atoms with Gasteiger partial charge in [-0.1, -0.05) is 18.2 Å². The van der Waals surface area contributed by atoms with Gasteiger partial charge in [0.1, 0.15) is 5.82 Å². The maximum Gasteiger partial charge on any atom is 0.416 e. The van der Waals surface area contributed by atoms with E-state index in [2.05, 4.69) is 22.6 Å². The molecule has 0 spiro atoms. The summed E-state index contributed by atoms with van der Waals surface area (Å²) >= 11 is 5.77. The third-order valence-corrected chi connectivity index (χ3v) is 5.41. The second-order valence-electron chi connectivity index (χ2n) is 5.77. The molecule has 3 aromatic rings. The van der Waals surface area contributed by atoms with E-state index in [1.165, 1.54) is 23.5 Å². The molecule has 0 aliphatic heterocycles. The Bertz CT molecular complexity index is 921. The number of nitrogens with zero attached hydrogens (tertiary/aromatic N) is 3. The Morgan fingerprint density at radius 1 is 1.20 bits per heavy atom. The van der Waals surface area contributed by atoms with Crippen LogP contribution in [0.5, 0.6) is 0 Å². The molecule has 3 rings (SSSR count). The van der Waals surface area contributed by atoms with Crippen molar-refractivity contribution in [3.63, 3.8) is 0 Å². The Morgan fingerprint density at radius 2 is 1.88 bits per heavy atom. The van der Waals surface area contributed by atoms with Gasteiger partial charge >= 0.3 is 6.18 Å². The number of hydrogen-bond donors (Lipinski definition) is 1. The van der Waals surface area contributed by atoms with Gasteiger partial charge in [-0.2, -0.15) is 13.2 Å². The summed E-state index contributed by atoms with van der Waals surface area (Å²) in [6.45, 7) is 3.50. The van der Waals surface area contributed by atoms with E-state index in [0.717, 1.165) is 20.5 Å². The van der Waals surface area contributed by atoms with Gasteiger partial charge in [-0.05, 0) is 31.5 Å². The van der Waals surface area contributed by atoms with E-state index >= 15 is 0 Å². The first kappa shape index (κ1) is 18.0. The zero-order chi connectivity index (χ0) is 18.4. The molecule has 3 nitrogen and oxygen atoms in total. The second kappa shape index (κ2) is 6.49. The maximum absolute atomic E-state index is 13.3. The predicted octanol–water partition coefficient (Wildman–Crippen LogP) is 5.50. The first-order valence-electron chi connectivity index (χ1n) is 7.54. The monoisotopic (exact) mass is 383 g/mol. The van der Waals surface area contributed by atoms with Crippen LogP contribution in [0.2, 0.25) is 0 Å². The number of hydrogen-bond acceptors (Lipinski definition) is 5. The Morgan fingerprint density at radius 3 is 2.56 bits per heavy atom. The molecule has 1 unspecified atom stereocenters. The van der Waals surface area contributed by atoms with Gasteiger partial charge < -0.3 is 4.90 Å². The second-order valence-corrected chi connectivity index (χ2v) is 7.60. The Balaban J connectivity index is 2.09. The van der Waals surface area contributed by atoms with E-state index < -0.39 is 17.8 Å². The minimum atomic E-state index is -4.40. The van der Waals surface area contributed by atoms with Crippen LogP contribution in [0, 0.1) is 6.92 Å². The Kier molecular flexibility index (Phi) is 4.68. The van der Waals surface area contributed by atoms with Crippen molar-refractivity contribution >= 4 is 40.0 Å². The van der Waals surface area contributed by atoms with Crippen LogP contribution in [-0.4, -0.2) is 17.0 Å². The molecule has 0 aliphatic rings. The molecule has 0 radical (unpaired) electrons. The van der Waals surface area contributed by atoms with Crippen LogP contribution in [0.1, 0.15) is 29.9 Å². The van der Waals surface area contributed by atoms with E-state index in [1.54, 1.807) is 31.9 Å². The van der Waals surface area contributed by atoms with Crippen LogP contribution in [-0.2, 0) is 6.18 Å². The normalized spacial score (nSPS) is 13.2. The highest BCUT2D eigenvalue weighted by Crippen LogP contribution is 2.39. The molecule has 0 saturated heterocycles. The summed E-state index contributed by atoms with van der Waals surface area (Å²) in [6.07, 6.45) is -4.40. The Labute approximate surface area is 152 Å². The number of aryl methyl sites for hydroxylation is 1. The van der Waals surface area contributed by atoms with Crippen LogP contribution in [0.4, 0.5) is 19.0 Å². The lowest BCUT2D eigenvalue weighted by atomic mass is 10.00. The average Bonchev–Trinajstić information content (AvgIpc) is 2.91. The summed E-state index contributed by atoms with van der Waals surface area (Å²) in [5.74, 6) is 1.18. The van der Waals surface area contributed by atoms with Crippen molar-refractivity contribution in [2.24, 2.45) is 0 Å². The topological polar surface area (TPSA) is 29.0 Å². The number of fused-ring (bicyclic) bond motifs is 1. The molecule has 0 N–H and O–H groups in total. The molecule has 2 aromatic heterocycles. The molecule has 1 atom stereocenters. The summed E-state index contributed by atoms with van der Waals surface area (Å²) in [5, 5.41) is 0. The summed E-state index contributed by atoms with van der Waals surface area (Å²) in [7, 11) is 1.75. The SMILES string of the molecule is Cc1nc(N(C)C(C)c2ccccc2C(F)(F)F)c2sc(S)cc2n1. The third-order valence-electron chi connectivity index (χ3n) is 4.08. The maximum atomic E-state index is 13.3. The fourth-order valence-corrected chi connectivity index (χ4v) is 4.03. The average molecular weight is 383 g/mol. The number of halogens is 3. The van der Waals surface area contributed by atoms with Crippen LogP contribution < -0.4 is 4.90 Å². The summed E-state index contributed by atoms with van der Waals surface area (Å²) in [5.41, 5.74) is 0.336. The largest absolute Gasteiger partial charge is 0.416 e. The van der Waals surface area contributed by atoms with Crippen molar-refractivity contribution in [1.29, 1.82) is 0 Å². The van der Waals surface area contributed by atoms with Gasteiger partial charge in [0.25, 0.3) is 0 Å². The predicted molar refractivity (Wildman–Crippen MR) is 97.7 cm³/mol. The molecule has 2 heterocycles. The van der Waals surface area contributed by atoms with Crippen molar-refractivity contribution in [2.75, 3.05) is 11.9 Å². The molecular weight excluding hydrogens is 367 g/mol. The molecule has 25 heavy (non-hydrogen) atoms. The third kappa shape index (κ3) is 3.46. The van der Waals surface area contributed by atoms with Gasteiger partial charge in [-0.3, -0.25) is 0 Å². The number of thiol groups is 1. The van der Waals surface area contributed by atoms with Gasteiger partial charge in [0, 0.05) is 7.05 Å². The molecule has 1 aromatic carbocycles. The van der Waals surface area contributed by atoms with Gasteiger partial charge in [0.15, 0.2) is 5.82 Å². The van der Waals surface area contributed by atoms with E-state index in [0.29, 0.717) is 11.6 Å². The minimum absolute atomic E-state index is 0.213. The van der Waals surface area contributed by atoms with Crippen LogP contribution in [0.3, 0.4) is 0 Å². The van der Waals surface area contributed by atoms with Crippen molar-refractivity contribution in [3.05, 3.63) is 47.3 Å². The van der Waals surface area contributed by atoms with Gasteiger partial charge in [0.05, 0.1) is 26.0 Å². The first-order chi connectivity index (χ1) is 11.7. The van der Waals surface area contributed by atoms with E-state index in [9.17, 15) is 13.2 Å². The van der Waals surface area contributed by atoms with Gasteiger partial charge in [-0.25, -0.2) is 9.97 Å². The highest BCUT2D eigenvalue weighted by atomic mass is 32.2. The zero-order valence-electron chi connectivity index (χ0n) is 13.8. The van der Waals surface area contributed by atoms with Crippen LogP contribution >= 0.6 is 24.0 Å². The lowest BCUT2D eigenvalue weighted by Gasteiger charge is -2.29. The van der Waals surface area contributed by atoms with Crippen molar-refractivity contribution in [2.45, 2.75) is 30.3 Å². The van der Waals surface area contributed by atoms with E-state index in [-0.39, 0.29) is 5.56 Å². The summed E-state index contributed by atoms with van der Waals surface area (Å²) < 4.78 is 41.6. The Hall–Kier alpha value is -1.80. The fourth-order valence-electron chi connectivity index (χ4n) is 2.77. The quantitative estimate of drug-likeness (QED) is 0.605. The van der Waals surface area contributed by atoms with Gasteiger partial charge in [0.2, 0.25) is 0 Å². The lowest BCUT2D eigenvalue weighted by Crippen LogP contribution is -2.25. The van der Waals surface area contributed by atoms with Crippen LogP contribution in [0.15, 0.2) is 34.5 Å². The van der Waals surface area contributed by atoms with Gasteiger partial charge in [-0.15, -0.1) is 24.0 Å². The highest BCUT2D eigenvalue weighted by molar-refractivity contribution is 7.83. The van der Waals surface area contributed by atoms with Crippen molar-refractivity contribution in [1.82, 2.24) is 9.97 Å². The first-order valence-corrected chi connectivity index (χ1v) is 8.81. The smallest absolute Gasteiger partial charge is 0.352 e. The number of rotatable bonds is 3. The molecule has 0 bridgehead atoms. The van der Waals surface area contributed by atoms with Crippen molar-refractivity contribution in [3.8, 4) is 0 Å². The van der Waals surface area contributed by atoms with E-state index in [4.69, 9.17) is 0 Å². The van der Waals surface area contributed by atoms with Crippen LogP contribution in [0.25, 0.3) is 10.2 Å². The summed E-state index contributed by atoms with van der Waals surface area (Å²) in [6, 6.07) is 6.96. The van der Waals surface area contributed by atoms with E-state index in [1.807, 2.05) is 6.07 Å². The molecule has 0 amide bonds. The number of anilines is 1. The van der Waals surface area contributed by atoms with Crippen molar-refractivity contribution < 1.29 is 13.2 Å². The minimum Gasteiger partial charge on any atom is -0.352 e. The number of alkyl halides is 3. The number of benzene rings is 1. The zero-order valence-corrected chi connectivity index (χ0v) is 15.5. The molecule has 8 heteroatoms. The number of aromatic nitrogens is 2. The highest BCUT2D eigenvalue weighted by Gasteiger charge is 2.35. The molecule has 0 fully saturated rings. The standard InChI is InChI=1S/C17H16F3N3S2/c1-9(11-6-4-5-7-12(11)17(18,19)20)23(3)16-15-13(8-14(24)25-15)21-10(2)22-16/h4-9,24H,1-3H3. The summed E-state index contributed by atoms with van der Waals surface area (Å²) in [4.78, 5) is 10.6. The fraction of sp³-hybridized carbons (Fsp3) is 0.294. The lowest BCUT2D eigenvalue weighted by molar-refractivity contribution is -0.138. The molecular formula is C17H16F3N3S2. The molecule has 0 saturated carbocycles. The molecule has 132 valence electrons. The molecule has 0 aliphatic carbocycles.